The highest BCUT2D eigenvalue weighted by Crippen LogP contribution is 2.46. The molecule has 4 heteroatoms. The molecule has 0 unspecified atom stereocenters. The van der Waals surface area contributed by atoms with Crippen LogP contribution >= 0.6 is 0 Å². The molecule has 1 aromatic rings. The van der Waals surface area contributed by atoms with Crippen molar-refractivity contribution in [3.8, 4) is 5.75 Å². The van der Waals surface area contributed by atoms with Gasteiger partial charge in [-0.05, 0) is 56.3 Å². The lowest BCUT2D eigenvalue weighted by molar-refractivity contribution is -0.0366. The summed E-state index contributed by atoms with van der Waals surface area (Å²) in [5.74, 6) is 0.818. The molecular formula is C21H33NO3. The molecule has 0 bridgehead atoms. The highest BCUT2D eigenvalue weighted by Gasteiger charge is 2.45. The molecular weight excluding hydrogens is 314 g/mol. The maximum atomic E-state index is 9.67. The average Bonchev–Trinajstić information content (AvgIpc) is 3.02. The predicted molar refractivity (Wildman–Crippen MR) is 99.7 cm³/mol. The molecule has 2 aliphatic rings. The third-order valence-corrected chi connectivity index (χ3v) is 5.96. The van der Waals surface area contributed by atoms with Crippen LogP contribution in [-0.2, 0) is 17.9 Å². The van der Waals surface area contributed by atoms with E-state index in [9.17, 15) is 5.11 Å². The fourth-order valence-corrected chi connectivity index (χ4v) is 4.80. The molecule has 0 radical (unpaired) electrons. The van der Waals surface area contributed by atoms with E-state index < -0.39 is 0 Å². The normalized spacial score (nSPS) is 27.1. The van der Waals surface area contributed by atoms with Gasteiger partial charge < -0.3 is 14.6 Å². The van der Waals surface area contributed by atoms with Gasteiger partial charge in [-0.2, -0.15) is 0 Å². The summed E-state index contributed by atoms with van der Waals surface area (Å²) >= 11 is 0. The molecule has 2 atom stereocenters. The lowest BCUT2D eigenvalue weighted by Crippen LogP contribution is -2.47. The van der Waals surface area contributed by atoms with Gasteiger partial charge in [-0.1, -0.05) is 19.4 Å². The number of rotatable bonds is 7. The van der Waals surface area contributed by atoms with Gasteiger partial charge >= 0.3 is 0 Å². The summed E-state index contributed by atoms with van der Waals surface area (Å²) in [5, 5.41) is 9.67. The van der Waals surface area contributed by atoms with Crippen LogP contribution in [0.2, 0.25) is 0 Å². The summed E-state index contributed by atoms with van der Waals surface area (Å²) in [6.07, 6.45) is 7.76. The van der Waals surface area contributed by atoms with E-state index in [0.29, 0.717) is 18.1 Å². The highest BCUT2D eigenvalue weighted by molar-refractivity contribution is 5.37. The van der Waals surface area contributed by atoms with Gasteiger partial charge in [-0.25, -0.2) is 0 Å². The number of benzene rings is 1. The minimum atomic E-state index is 0.0303. The molecule has 4 nitrogen and oxygen atoms in total. The first-order valence-corrected chi connectivity index (χ1v) is 9.81. The van der Waals surface area contributed by atoms with Crippen molar-refractivity contribution < 1.29 is 14.6 Å². The number of aliphatic hydroxyl groups is 1. The first-order chi connectivity index (χ1) is 12.2. The van der Waals surface area contributed by atoms with Crippen molar-refractivity contribution in [2.75, 3.05) is 26.8 Å². The van der Waals surface area contributed by atoms with E-state index >= 15 is 0 Å². The minimum Gasteiger partial charge on any atom is -0.493 e. The van der Waals surface area contributed by atoms with Gasteiger partial charge in [0, 0.05) is 31.2 Å². The van der Waals surface area contributed by atoms with Crippen LogP contribution < -0.4 is 4.74 Å². The van der Waals surface area contributed by atoms with Crippen molar-refractivity contribution in [1.29, 1.82) is 0 Å². The van der Waals surface area contributed by atoms with E-state index in [1.807, 2.05) is 13.2 Å². The van der Waals surface area contributed by atoms with Crippen molar-refractivity contribution in [1.82, 2.24) is 4.90 Å². The van der Waals surface area contributed by atoms with Crippen molar-refractivity contribution >= 4 is 0 Å². The third kappa shape index (κ3) is 4.18. The fourth-order valence-electron chi connectivity index (χ4n) is 4.80. The molecule has 1 aromatic carbocycles. The number of hydrogen-bond donors (Lipinski definition) is 1. The van der Waals surface area contributed by atoms with Gasteiger partial charge in [0.15, 0.2) is 0 Å². The average molecular weight is 347 g/mol. The first kappa shape index (κ1) is 18.7. The number of ether oxygens (including phenoxy) is 2. The molecule has 0 amide bonds. The molecule has 3 rings (SSSR count). The van der Waals surface area contributed by atoms with E-state index in [1.54, 1.807) is 0 Å². The largest absolute Gasteiger partial charge is 0.493 e. The zero-order valence-electron chi connectivity index (χ0n) is 15.8. The molecule has 1 N–H and O–H groups in total. The first-order valence-electron chi connectivity index (χ1n) is 9.81. The smallest absolute Gasteiger partial charge is 0.124 e. The van der Waals surface area contributed by atoms with E-state index in [2.05, 4.69) is 24.0 Å². The van der Waals surface area contributed by atoms with Crippen LogP contribution in [-0.4, -0.2) is 42.9 Å². The summed E-state index contributed by atoms with van der Waals surface area (Å²) < 4.78 is 11.6. The topological polar surface area (TPSA) is 41.9 Å². The summed E-state index contributed by atoms with van der Waals surface area (Å²) in [4.78, 5) is 2.57. The molecule has 2 fully saturated rings. The monoisotopic (exact) mass is 347 g/mol. The Hall–Kier alpha value is -1.10. The van der Waals surface area contributed by atoms with Gasteiger partial charge in [0.05, 0.1) is 19.3 Å². The van der Waals surface area contributed by atoms with Crippen molar-refractivity contribution in [3.63, 3.8) is 0 Å². The van der Waals surface area contributed by atoms with Crippen LogP contribution in [0.3, 0.4) is 0 Å². The van der Waals surface area contributed by atoms with Gasteiger partial charge in [0.2, 0.25) is 0 Å². The number of likely N-dealkylation sites (tertiary alicyclic amines) is 1. The van der Waals surface area contributed by atoms with Gasteiger partial charge in [-0.15, -0.1) is 0 Å². The number of nitrogens with zero attached hydrogens (tertiary/aromatic N) is 1. The molecule has 1 aliphatic heterocycles. The van der Waals surface area contributed by atoms with Crippen LogP contribution in [0.25, 0.3) is 0 Å². The van der Waals surface area contributed by atoms with Gasteiger partial charge in [-0.3, -0.25) is 4.90 Å². The number of methoxy groups -OCH3 is 1. The van der Waals surface area contributed by atoms with E-state index in [4.69, 9.17) is 9.47 Å². The predicted octanol–water partition coefficient (Wildman–Crippen LogP) is 3.75. The molecule has 1 saturated heterocycles. The number of aliphatic hydroxyl groups excluding tert-OH is 1. The van der Waals surface area contributed by atoms with Crippen LogP contribution in [0.15, 0.2) is 18.2 Å². The SMILES string of the molecule is CCCOc1ccc(CN2CCC[C@]3(CCC[C@H]3OC)C2)cc1CO. The fraction of sp³-hybridized carbons (Fsp3) is 0.714. The molecule has 1 spiro atoms. The maximum Gasteiger partial charge on any atom is 0.124 e. The van der Waals surface area contributed by atoms with Crippen LogP contribution in [0.4, 0.5) is 0 Å². The van der Waals surface area contributed by atoms with E-state index in [0.717, 1.165) is 37.4 Å². The van der Waals surface area contributed by atoms with Gasteiger partial charge in [0.1, 0.15) is 5.75 Å². The zero-order valence-corrected chi connectivity index (χ0v) is 15.8. The Morgan fingerprint density at radius 1 is 1.28 bits per heavy atom. The molecule has 1 heterocycles. The molecule has 1 saturated carbocycles. The highest BCUT2D eigenvalue weighted by atomic mass is 16.5. The third-order valence-electron chi connectivity index (χ3n) is 5.96. The minimum absolute atomic E-state index is 0.0303. The zero-order chi connectivity index (χ0) is 17.7. The summed E-state index contributed by atoms with van der Waals surface area (Å²) in [6.45, 7) is 6.05. The molecule has 0 aromatic heterocycles. The standard InChI is InChI=1S/C21H33NO3/c1-3-12-25-19-8-7-17(13-18(19)15-23)14-22-11-5-10-21(16-22)9-4-6-20(21)24-2/h7-8,13,20,23H,3-6,9-12,14-16H2,1-2H3/t20-,21-/m1/s1. The lowest BCUT2D eigenvalue weighted by atomic mass is 9.76. The summed E-state index contributed by atoms with van der Waals surface area (Å²) in [5.41, 5.74) is 2.52. The molecule has 140 valence electrons. The Morgan fingerprint density at radius 2 is 2.12 bits per heavy atom. The molecule has 1 aliphatic carbocycles. The van der Waals surface area contributed by atoms with E-state index in [1.165, 1.54) is 37.7 Å². The lowest BCUT2D eigenvalue weighted by Gasteiger charge is -2.43. The maximum absolute atomic E-state index is 9.67. The van der Waals surface area contributed by atoms with Crippen LogP contribution in [0.1, 0.15) is 56.6 Å². The second-order valence-electron chi connectivity index (χ2n) is 7.74. The Morgan fingerprint density at radius 3 is 2.88 bits per heavy atom. The second-order valence-corrected chi connectivity index (χ2v) is 7.74. The number of hydrogen-bond acceptors (Lipinski definition) is 4. The van der Waals surface area contributed by atoms with Crippen LogP contribution in [0, 0.1) is 5.41 Å². The Kier molecular flexibility index (Phi) is 6.37. The quantitative estimate of drug-likeness (QED) is 0.816. The molecule has 25 heavy (non-hydrogen) atoms. The Balaban J connectivity index is 1.67. The Bertz CT molecular complexity index is 562. The Labute approximate surface area is 152 Å². The summed E-state index contributed by atoms with van der Waals surface area (Å²) in [6, 6.07) is 6.27. The van der Waals surface area contributed by atoms with Crippen molar-refractivity contribution in [2.24, 2.45) is 5.41 Å². The van der Waals surface area contributed by atoms with Gasteiger partial charge in [0.25, 0.3) is 0 Å². The van der Waals surface area contributed by atoms with Crippen LogP contribution in [0.5, 0.6) is 5.75 Å². The van der Waals surface area contributed by atoms with Crippen molar-refractivity contribution in [2.45, 2.75) is 64.7 Å². The summed E-state index contributed by atoms with van der Waals surface area (Å²) in [7, 11) is 1.87. The number of piperidine rings is 1. The van der Waals surface area contributed by atoms with E-state index in [-0.39, 0.29) is 6.61 Å². The van der Waals surface area contributed by atoms with Crippen molar-refractivity contribution in [3.05, 3.63) is 29.3 Å². The second kappa shape index (κ2) is 8.52.